The van der Waals surface area contributed by atoms with Crippen molar-refractivity contribution < 1.29 is 9.47 Å². The van der Waals surface area contributed by atoms with E-state index in [2.05, 4.69) is 33.1 Å². The number of likely N-dealkylation sites (tertiary alicyclic amines) is 1. The van der Waals surface area contributed by atoms with E-state index in [1.807, 2.05) is 12.1 Å². The summed E-state index contributed by atoms with van der Waals surface area (Å²) in [6, 6.07) is 6.86. The zero-order valence-electron chi connectivity index (χ0n) is 15.8. The summed E-state index contributed by atoms with van der Waals surface area (Å²) in [6.45, 7) is 2.40. The normalized spacial score (nSPS) is 19.1. The second-order valence-corrected chi connectivity index (χ2v) is 7.78. The Balaban J connectivity index is 1.42. The fourth-order valence-corrected chi connectivity index (χ4v) is 4.27. The quantitative estimate of drug-likeness (QED) is 0.657. The molecular formula is C20H22ClN5O2. The van der Waals surface area contributed by atoms with Crippen LogP contribution in [0.3, 0.4) is 0 Å². The van der Waals surface area contributed by atoms with Crippen LogP contribution in [0, 0.1) is 0 Å². The fraction of sp³-hybridized carbons (Fsp3) is 0.450. The molecule has 0 radical (unpaired) electrons. The molecule has 2 aliphatic rings. The van der Waals surface area contributed by atoms with E-state index in [0.29, 0.717) is 35.9 Å². The second-order valence-electron chi connectivity index (χ2n) is 7.43. The van der Waals surface area contributed by atoms with Crippen LogP contribution in [0.4, 0.5) is 0 Å². The summed E-state index contributed by atoms with van der Waals surface area (Å²) in [5, 5.41) is 4.86. The summed E-state index contributed by atoms with van der Waals surface area (Å²) in [6.07, 6.45) is 5.76. The zero-order chi connectivity index (χ0) is 19.1. The molecule has 4 heterocycles. The number of nitrogens with zero attached hydrogens (tertiary/aromatic N) is 5. The number of aromatic nitrogens is 4. The number of hydrogen-bond acceptors (Lipinski definition) is 6. The molecule has 8 heteroatoms. The third kappa shape index (κ3) is 3.18. The third-order valence-corrected chi connectivity index (χ3v) is 5.91. The summed E-state index contributed by atoms with van der Waals surface area (Å²) < 4.78 is 13.3. The molecular weight excluding hydrogens is 378 g/mol. The van der Waals surface area contributed by atoms with Crippen LogP contribution in [0.25, 0.3) is 5.65 Å². The summed E-state index contributed by atoms with van der Waals surface area (Å²) in [7, 11) is 2.12. The van der Waals surface area contributed by atoms with Gasteiger partial charge in [-0.2, -0.15) is 4.98 Å². The van der Waals surface area contributed by atoms with Gasteiger partial charge >= 0.3 is 6.01 Å². The molecule has 2 aliphatic heterocycles. The molecule has 0 spiro atoms. The van der Waals surface area contributed by atoms with Gasteiger partial charge in [0.25, 0.3) is 0 Å². The number of fused-ring (bicyclic) bond motifs is 2. The Bertz CT molecular complexity index is 1020. The number of hydrogen-bond donors (Lipinski definition) is 0. The molecule has 5 rings (SSSR count). The summed E-state index contributed by atoms with van der Waals surface area (Å²) in [4.78, 5) is 11.0. The molecule has 0 amide bonds. The smallest absolute Gasteiger partial charge is 0.335 e. The van der Waals surface area contributed by atoms with Crippen molar-refractivity contribution >= 4 is 17.2 Å². The molecule has 3 aromatic rings. The molecule has 1 fully saturated rings. The molecule has 0 N–H and O–H groups in total. The third-order valence-electron chi connectivity index (χ3n) is 5.66. The summed E-state index contributed by atoms with van der Waals surface area (Å²) in [5.74, 6) is 0.976. The molecule has 146 valence electrons. The first-order valence-electron chi connectivity index (χ1n) is 9.66. The zero-order valence-corrected chi connectivity index (χ0v) is 16.5. The van der Waals surface area contributed by atoms with Gasteiger partial charge in [0, 0.05) is 24.4 Å². The predicted molar refractivity (Wildman–Crippen MR) is 105 cm³/mol. The summed E-state index contributed by atoms with van der Waals surface area (Å²) >= 11 is 6.35. The van der Waals surface area contributed by atoms with E-state index < -0.39 is 0 Å². The van der Waals surface area contributed by atoms with Gasteiger partial charge in [0.1, 0.15) is 12.4 Å². The highest BCUT2D eigenvalue weighted by atomic mass is 35.5. The molecule has 1 saturated heterocycles. The topological polar surface area (TPSA) is 64.8 Å². The largest absolute Gasteiger partial charge is 0.493 e. The minimum atomic E-state index is 0.290. The molecule has 0 saturated carbocycles. The highest BCUT2D eigenvalue weighted by Gasteiger charge is 2.23. The standard InChI is InChI=1S/C20H22ClN5O2/c1-25-8-3-5-14(25)12-28-20-23-18(21)19-22-11-15(26(19)24-20)10-13-4-2-6-17-16(13)7-9-27-17/h2,4,6,11,14H,3,5,7-10,12H2,1H3. The van der Waals surface area contributed by atoms with Crippen LogP contribution in [0.2, 0.25) is 5.15 Å². The Hall–Kier alpha value is -2.38. The van der Waals surface area contributed by atoms with Gasteiger partial charge in [-0.15, -0.1) is 5.10 Å². The van der Waals surface area contributed by atoms with E-state index in [4.69, 9.17) is 21.1 Å². The summed E-state index contributed by atoms with van der Waals surface area (Å²) in [5.41, 5.74) is 3.98. The van der Waals surface area contributed by atoms with Crippen LogP contribution < -0.4 is 9.47 Å². The number of rotatable bonds is 5. The number of halogens is 1. The molecule has 7 nitrogen and oxygen atoms in total. The lowest BCUT2D eigenvalue weighted by atomic mass is 10.0. The van der Waals surface area contributed by atoms with Crippen LogP contribution in [-0.2, 0) is 12.8 Å². The molecule has 1 unspecified atom stereocenters. The van der Waals surface area contributed by atoms with E-state index in [1.54, 1.807) is 10.7 Å². The van der Waals surface area contributed by atoms with Crippen LogP contribution in [-0.4, -0.2) is 57.3 Å². The highest BCUT2D eigenvalue weighted by Crippen LogP contribution is 2.30. The average molecular weight is 400 g/mol. The lowest BCUT2D eigenvalue weighted by Gasteiger charge is -2.18. The molecule has 0 aliphatic carbocycles. The van der Waals surface area contributed by atoms with Gasteiger partial charge in [0.2, 0.25) is 0 Å². The van der Waals surface area contributed by atoms with E-state index in [9.17, 15) is 0 Å². The van der Waals surface area contributed by atoms with E-state index >= 15 is 0 Å². The Morgan fingerprint density at radius 3 is 3.14 bits per heavy atom. The first kappa shape index (κ1) is 17.7. The van der Waals surface area contributed by atoms with Gasteiger partial charge < -0.3 is 14.4 Å². The Labute approximate surface area is 168 Å². The molecule has 1 aromatic carbocycles. The van der Waals surface area contributed by atoms with E-state index in [0.717, 1.165) is 37.4 Å². The number of imidazole rings is 1. The van der Waals surface area contributed by atoms with Crippen molar-refractivity contribution in [1.82, 2.24) is 24.5 Å². The van der Waals surface area contributed by atoms with Crippen molar-refractivity contribution in [3.63, 3.8) is 0 Å². The number of benzene rings is 1. The van der Waals surface area contributed by atoms with Crippen LogP contribution in [0.5, 0.6) is 11.8 Å². The number of ether oxygens (including phenoxy) is 2. The van der Waals surface area contributed by atoms with Crippen LogP contribution >= 0.6 is 11.6 Å². The Morgan fingerprint density at radius 1 is 1.36 bits per heavy atom. The van der Waals surface area contributed by atoms with Crippen molar-refractivity contribution in [3.8, 4) is 11.8 Å². The molecule has 1 atom stereocenters. The minimum absolute atomic E-state index is 0.290. The van der Waals surface area contributed by atoms with Gasteiger partial charge in [-0.05, 0) is 38.1 Å². The first-order chi connectivity index (χ1) is 13.7. The first-order valence-corrected chi connectivity index (χ1v) is 10.0. The lowest BCUT2D eigenvalue weighted by molar-refractivity contribution is 0.185. The molecule has 28 heavy (non-hydrogen) atoms. The van der Waals surface area contributed by atoms with Crippen molar-refractivity contribution in [1.29, 1.82) is 0 Å². The van der Waals surface area contributed by atoms with Gasteiger partial charge in [-0.3, -0.25) is 0 Å². The van der Waals surface area contributed by atoms with Crippen molar-refractivity contribution in [2.45, 2.75) is 31.7 Å². The minimum Gasteiger partial charge on any atom is -0.493 e. The van der Waals surface area contributed by atoms with Crippen molar-refractivity contribution in [3.05, 3.63) is 46.4 Å². The van der Waals surface area contributed by atoms with Crippen LogP contribution in [0.1, 0.15) is 29.7 Å². The van der Waals surface area contributed by atoms with Gasteiger partial charge in [0.15, 0.2) is 10.8 Å². The predicted octanol–water partition coefficient (Wildman–Crippen LogP) is 2.78. The highest BCUT2D eigenvalue weighted by molar-refractivity contribution is 6.32. The van der Waals surface area contributed by atoms with Gasteiger partial charge in [0.05, 0.1) is 18.5 Å². The Morgan fingerprint density at radius 2 is 2.29 bits per heavy atom. The lowest BCUT2D eigenvalue weighted by Crippen LogP contribution is -2.31. The monoisotopic (exact) mass is 399 g/mol. The second kappa shape index (κ2) is 7.22. The maximum atomic E-state index is 6.35. The Kier molecular flexibility index (Phi) is 4.56. The van der Waals surface area contributed by atoms with Crippen molar-refractivity contribution in [2.24, 2.45) is 0 Å². The van der Waals surface area contributed by atoms with E-state index in [-0.39, 0.29) is 0 Å². The van der Waals surface area contributed by atoms with Gasteiger partial charge in [-0.25, -0.2) is 9.50 Å². The van der Waals surface area contributed by atoms with E-state index in [1.165, 1.54) is 17.5 Å². The van der Waals surface area contributed by atoms with Gasteiger partial charge in [-0.1, -0.05) is 23.7 Å². The maximum Gasteiger partial charge on any atom is 0.335 e. The molecule has 0 bridgehead atoms. The fourth-order valence-electron chi connectivity index (χ4n) is 4.07. The van der Waals surface area contributed by atoms with Crippen LogP contribution in [0.15, 0.2) is 24.4 Å². The molecule has 2 aromatic heterocycles. The SMILES string of the molecule is CN1CCCC1COc1nc(Cl)c2ncc(Cc3cccc4c3CCO4)n2n1. The maximum absolute atomic E-state index is 6.35. The average Bonchev–Trinajstić information content (AvgIpc) is 3.41. The van der Waals surface area contributed by atoms with Crippen molar-refractivity contribution in [2.75, 3.05) is 26.8 Å². The number of likely N-dealkylation sites (N-methyl/N-ethyl adjacent to an activating group) is 1.